The molecule has 9 heteroatoms. The van der Waals surface area contributed by atoms with Crippen molar-refractivity contribution in [1.82, 2.24) is 9.55 Å². The number of benzene rings is 3. The van der Waals surface area contributed by atoms with Gasteiger partial charge in [-0.1, -0.05) is 67.4 Å². The lowest BCUT2D eigenvalue weighted by Gasteiger charge is -2.21. The predicted octanol–water partition coefficient (Wildman–Crippen LogP) is 6.71. The van der Waals surface area contributed by atoms with Crippen molar-refractivity contribution >= 4 is 23.5 Å². The molecular weight excluding hydrogens is 520 g/mol. The van der Waals surface area contributed by atoms with Crippen LogP contribution < -0.4 is 4.74 Å². The van der Waals surface area contributed by atoms with Gasteiger partial charge in [0, 0.05) is 20.1 Å². The van der Waals surface area contributed by atoms with Crippen LogP contribution in [0, 0.1) is 0 Å². The van der Waals surface area contributed by atoms with E-state index in [2.05, 4.69) is 11.9 Å². The molecule has 1 aromatic heterocycles. The first kappa shape index (κ1) is 27.9. The topological polar surface area (TPSA) is 111 Å². The molecule has 39 heavy (non-hydrogen) atoms. The molecule has 0 spiro atoms. The molecule has 0 amide bonds. The van der Waals surface area contributed by atoms with E-state index in [1.165, 1.54) is 19.2 Å². The number of rotatable bonds is 12. The van der Waals surface area contributed by atoms with Crippen molar-refractivity contribution in [2.45, 2.75) is 39.0 Å². The zero-order chi connectivity index (χ0) is 27.9. The summed E-state index contributed by atoms with van der Waals surface area (Å²) in [5.41, 5.74) is 3.01. The van der Waals surface area contributed by atoms with Crippen LogP contribution in [0.2, 0.25) is 5.15 Å². The number of hydrogen-bond acceptors (Lipinski definition) is 5. The molecule has 1 heterocycles. The monoisotopic (exact) mass is 548 g/mol. The van der Waals surface area contributed by atoms with E-state index in [0.717, 1.165) is 29.8 Å². The summed E-state index contributed by atoms with van der Waals surface area (Å²) in [6, 6.07) is 20.7. The maximum atomic E-state index is 12.2. The molecule has 0 saturated carbocycles. The molecule has 0 radical (unpaired) electrons. The molecule has 0 saturated heterocycles. The van der Waals surface area contributed by atoms with Gasteiger partial charge in [0.2, 0.25) is 6.29 Å². The third kappa shape index (κ3) is 6.47. The van der Waals surface area contributed by atoms with E-state index in [4.69, 9.17) is 21.1 Å². The maximum Gasteiger partial charge on any atom is 0.336 e. The van der Waals surface area contributed by atoms with Crippen molar-refractivity contribution in [3.8, 4) is 16.9 Å². The normalized spacial score (nSPS) is 11.8. The minimum Gasteiger partial charge on any atom is -0.478 e. The van der Waals surface area contributed by atoms with Crippen molar-refractivity contribution in [2.24, 2.45) is 0 Å². The molecular formula is C30H29ClN2O6. The van der Waals surface area contributed by atoms with Crippen LogP contribution in [0.4, 0.5) is 0 Å². The Kier molecular flexibility index (Phi) is 9.01. The van der Waals surface area contributed by atoms with Crippen LogP contribution in [0.1, 0.15) is 63.9 Å². The highest BCUT2D eigenvalue weighted by atomic mass is 35.5. The smallest absolute Gasteiger partial charge is 0.336 e. The number of carboxylic acids is 2. The van der Waals surface area contributed by atoms with Gasteiger partial charge in [0.15, 0.2) is 5.15 Å². The van der Waals surface area contributed by atoms with Crippen LogP contribution in [0.25, 0.3) is 11.1 Å². The molecule has 2 N–H and O–H groups in total. The number of carboxylic acid groups (broad SMARTS) is 2. The number of aromatic nitrogens is 2. The molecule has 1 atom stereocenters. The number of halogens is 1. The van der Waals surface area contributed by atoms with Crippen molar-refractivity contribution < 1.29 is 29.3 Å². The Morgan fingerprint density at radius 3 is 2.33 bits per heavy atom. The fraction of sp³-hybridized carbons (Fsp3) is 0.233. The Balaban J connectivity index is 1.72. The second kappa shape index (κ2) is 12.6. The van der Waals surface area contributed by atoms with Gasteiger partial charge in [0.25, 0.3) is 0 Å². The zero-order valence-electron chi connectivity index (χ0n) is 21.6. The fourth-order valence-electron chi connectivity index (χ4n) is 4.34. The van der Waals surface area contributed by atoms with Gasteiger partial charge in [0.05, 0.1) is 11.1 Å². The fourth-order valence-corrected chi connectivity index (χ4v) is 4.63. The van der Waals surface area contributed by atoms with E-state index < -0.39 is 18.2 Å². The lowest BCUT2D eigenvalue weighted by molar-refractivity contribution is -0.0613. The standard InChI is InChI=1S/C30H29ClN2O6/c1-3-4-10-25-32-27(31)26(30(38-2)39-22-14-12-21(13-15-22)28(34)35)33(25)18-19-11-16-23(24(17-19)29(36)37)20-8-6-5-7-9-20/h5-9,11-17,30H,3-4,10,18H2,1-2H3,(H,34,35)(H,36,37). The molecule has 0 fully saturated rings. The number of ether oxygens (including phenoxy) is 2. The molecule has 0 bridgehead atoms. The molecule has 202 valence electrons. The summed E-state index contributed by atoms with van der Waals surface area (Å²) in [7, 11) is 1.48. The first-order valence-electron chi connectivity index (χ1n) is 12.5. The summed E-state index contributed by atoms with van der Waals surface area (Å²) in [5.74, 6) is -0.932. The second-order valence-electron chi connectivity index (χ2n) is 8.96. The van der Waals surface area contributed by atoms with Gasteiger partial charge < -0.3 is 24.3 Å². The Morgan fingerprint density at radius 2 is 1.72 bits per heavy atom. The average Bonchev–Trinajstić information content (AvgIpc) is 3.25. The van der Waals surface area contributed by atoms with Gasteiger partial charge in [-0.3, -0.25) is 0 Å². The summed E-state index contributed by atoms with van der Waals surface area (Å²) >= 11 is 6.63. The molecule has 4 aromatic rings. The minimum atomic E-state index is -1.04. The minimum absolute atomic E-state index is 0.134. The van der Waals surface area contributed by atoms with Gasteiger partial charge in [-0.05, 0) is 53.4 Å². The highest BCUT2D eigenvalue weighted by molar-refractivity contribution is 6.30. The number of carbonyl (C=O) groups is 2. The summed E-state index contributed by atoms with van der Waals surface area (Å²) in [6.07, 6.45) is 1.55. The highest BCUT2D eigenvalue weighted by Crippen LogP contribution is 2.32. The Morgan fingerprint density at radius 1 is 1.00 bits per heavy atom. The van der Waals surface area contributed by atoms with E-state index in [0.29, 0.717) is 30.0 Å². The van der Waals surface area contributed by atoms with E-state index in [1.54, 1.807) is 18.2 Å². The Hall–Kier alpha value is -4.14. The summed E-state index contributed by atoms with van der Waals surface area (Å²) < 4.78 is 13.6. The molecule has 1 unspecified atom stereocenters. The number of nitrogens with zero attached hydrogens (tertiary/aromatic N) is 2. The van der Waals surface area contributed by atoms with Crippen molar-refractivity contribution in [1.29, 1.82) is 0 Å². The lowest BCUT2D eigenvalue weighted by atomic mass is 9.97. The van der Waals surface area contributed by atoms with E-state index in [9.17, 15) is 19.8 Å². The number of unbranched alkanes of at least 4 members (excludes halogenated alkanes) is 1. The SMILES string of the molecule is CCCCc1nc(Cl)c(C(OC)Oc2ccc(C(=O)O)cc2)n1Cc1ccc(-c2ccccc2)c(C(=O)O)c1. The molecule has 4 rings (SSSR count). The quantitative estimate of drug-likeness (QED) is 0.189. The van der Waals surface area contributed by atoms with Gasteiger partial charge in [0.1, 0.15) is 17.3 Å². The molecule has 0 aliphatic heterocycles. The van der Waals surface area contributed by atoms with Crippen LogP contribution >= 0.6 is 11.6 Å². The van der Waals surface area contributed by atoms with Crippen LogP contribution in [0.3, 0.4) is 0 Å². The largest absolute Gasteiger partial charge is 0.478 e. The van der Waals surface area contributed by atoms with Crippen LogP contribution in [0.15, 0.2) is 72.8 Å². The van der Waals surface area contributed by atoms with Gasteiger partial charge >= 0.3 is 11.9 Å². The van der Waals surface area contributed by atoms with Crippen LogP contribution in [0.5, 0.6) is 5.75 Å². The number of hydrogen-bond donors (Lipinski definition) is 2. The molecule has 0 aliphatic rings. The van der Waals surface area contributed by atoms with Crippen molar-refractivity contribution in [3.05, 3.63) is 106 Å². The third-order valence-electron chi connectivity index (χ3n) is 6.32. The first-order chi connectivity index (χ1) is 18.8. The van der Waals surface area contributed by atoms with E-state index in [-0.39, 0.29) is 16.3 Å². The van der Waals surface area contributed by atoms with Gasteiger partial charge in [-0.15, -0.1) is 0 Å². The summed E-state index contributed by atoms with van der Waals surface area (Å²) in [5, 5.41) is 19.4. The van der Waals surface area contributed by atoms with Gasteiger partial charge in [-0.25, -0.2) is 14.6 Å². The number of aryl methyl sites for hydroxylation is 1. The predicted molar refractivity (Wildman–Crippen MR) is 148 cm³/mol. The third-order valence-corrected chi connectivity index (χ3v) is 6.59. The molecule has 0 aliphatic carbocycles. The van der Waals surface area contributed by atoms with E-state index in [1.807, 2.05) is 47.0 Å². The highest BCUT2D eigenvalue weighted by Gasteiger charge is 2.26. The molecule has 8 nitrogen and oxygen atoms in total. The summed E-state index contributed by atoms with van der Waals surface area (Å²) in [4.78, 5) is 28.0. The average molecular weight is 549 g/mol. The summed E-state index contributed by atoms with van der Waals surface area (Å²) in [6.45, 7) is 2.38. The molecule has 3 aromatic carbocycles. The Labute approximate surface area is 231 Å². The Bertz CT molecular complexity index is 1450. The lowest BCUT2D eigenvalue weighted by Crippen LogP contribution is -2.18. The number of imidazole rings is 1. The maximum absolute atomic E-state index is 12.2. The number of methoxy groups -OCH3 is 1. The van der Waals surface area contributed by atoms with Crippen molar-refractivity contribution in [3.63, 3.8) is 0 Å². The van der Waals surface area contributed by atoms with Gasteiger partial charge in [-0.2, -0.15) is 0 Å². The zero-order valence-corrected chi connectivity index (χ0v) is 22.4. The second-order valence-corrected chi connectivity index (χ2v) is 9.32. The van der Waals surface area contributed by atoms with Crippen LogP contribution in [-0.2, 0) is 17.7 Å². The van der Waals surface area contributed by atoms with E-state index >= 15 is 0 Å². The van der Waals surface area contributed by atoms with Crippen LogP contribution in [-0.4, -0.2) is 38.8 Å². The number of aromatic carboxylic acids is 2. The first-order valence-corrected chi connectivity index (χ1v) is 12.9. The van der Waals surface area contributed by atoms with Crippen molar-refractivity contribution in [2.75, 3.05) is 7.11 Å².